The fourth-order valence-electron chi connectivity index (χ4n) is 3.54. The van der Waals surface area contributed by atoms with Gasteiger partial charge in [0, 0.05) is 18.7 Å². The number of piperidine rings is 1. The number of likely N-dealkylation sites (tertiary alicyclic amines) is 1. The molecule has 7 nitrogen and oxygen atoms in total. The average molecular weight is 369 g/mol. The van der Waals surface area contributed by atoms with E-state index in [0.29, 0.717) is 11.0 Å². The molecule has 0 unspecified atom stereocenters. The van der Waals surface area contributed by atoms with Crippen molar-refractivity contribution in [2.75, 3.05) is 18.4 Å². The smallest absolute Gasteiger partial charge is 0.316 e. The van der Waals surface area contributed by atoms with E-state index in [0.717, 1.165) is 25.9 Å². The molecule has 1 aliphatic heterocycles. The Morgan fingerprint density at radius 1 is 1.33 bits per heavy atom. The normalized spacial score (nSPS) is 18.8. The maximum absolute atomic E-state index is 13.7. The quantitative estimate of drug-likeness (QED) is 0.890. The SMILES string of the molecule is C[C@H](Nc1nnc(-c2ccc(C#N)c(F)c2)o1)C(=O)N1CCC2(CC1)CC2. The third kappa shape index (κ3) is 3.50. The van der Waals surface area contributed by atoms with E-state index in [1.165, 1.54) is 31.0 Å². The third-order valence-corrected chi connectivity index (χ3v) is 5.56. The molecule has 8 heteroatoms. The van der Waals surface area contributed by atoms with Gasteiger partial charge in [-0.3, -0.25) is 4.79 Å². The maximum atomic E-state index is 13.7. The van der Waals surface area contributed by atoms with E-state index in [2.05, 4.69) is 15.5 Å². The molecular formula is C19H20FN5O2. The molecule has 1 aromatic heterocycles. The summed E-state index contributed by atoms with van der Waals surface area (Å²) in [7, 11) is 0. The fraction of sp³-hybridized carbons (Fsp3) is 0.474. The van der Waals surface area contributed by atoms with Crippen LogP contribution in [0, 0.1) is 22.6 Å². The largest absolute Gasteiger partial charge is 0.403 e. The van der Waals surface area contributed by atoms with Crippen LogP contribution in [0.1, 0.15) is 38.2 Å². The van der Waals surface area contributed by atoms with E-state index < -0.39 is 11.9 Å². The monoisotopic (exact) mass is 369 g/mol. The van der Waals surface area contributed by atoms with E-state index >= 15 is 0 Å². The molecule has 1 aromatic carbocycles. The summed E-state index contributed by atoms with van der Waals surface area (Å²) in [5.74, 6) is -0.520. The first-order chi connectivity index (χ1) is 13.0. The molecule has 4 rings (SSSR count). The van der Waals surface area contributed by atoms with Crippen molar-refractivity contribution in [3.05, 3.63) is 29.6 Å². The van der Waals surface area contributed by atoms with E-state index in [9.17, 15) is 9.18 Å². The van der Waals surface area contributed by atoms with E-state index in [4.69, 9.17) is 9.68 Å². The predicted molar refractivity (Wildman–Crippen MR) is 95.0 cm³/mol. The second-order valence-corrected chi connectivity index (χ2v) is 7.41. The summed E-state index contributed by atoms with van der Waals surface area (Å²) in [6.45, 7) is 3.35. The molecule has 1 spiro atoms. The molecule has 27 heavy (non-hydrogen) atoms. The molecule has 1 amide bonds. The van der Waals surface area contributed by atoms with Crippen LogP contribution < -0.4 is 5.32 Å². The van der Waals surface area contributed by atoms with Crippen LogP contribution in [0.5, 0.6) is 0 Å². The molecule has 1 aliphatic carbocycles. The van der Waals surface area contributed by atoms with Gasteiger partial charge in [0.25, 0.3) is 0 Å². The number of nitrogens with one attached hydrogen (secondary N) is 1. The molecule has 2 fully saturated rings. The number of rotatable bonds is 4. The van der Waals surface area contributed by atoms with Crippen LogP contribution in [0.25, 0.3) is 11.5 Å². The Morgan fingerprint density at radius 3 is 2.70 bits per heavy atom. The number of benzene rings is 1. The Balaban J connectivity index is 1.39. The number of carbonyl (C=O) groups is 1. The fourth-order valence-corrected chi connectivity index (χ4v) is 3.54. The van der Waals surface area contributed by atoms with Gasteiger partial charge in [0.05, 0.1) is 5.56 Å². The lowest BCUT2D eigenvalue weighted by Gasteiger charge is -2.33. The highest BCUT2D eigenvalue weighted by atomic mass is 19.1. The first-order valence-electron chi connectivity index (χ1n) is 9.09. The molecule has 1 saturated heterocycles. The number of hydrogen-bond donors (Lipinski definition) is 1. The van der Waals surface area contributed by atoms with Crippen LogP contribution in [-0.2, 0) is 4.79 Å². The Morgan fingerprint density at radius 2 is 2.07 bits per heavy atom. The summed E-state index contributed by atoms with van der Waals surface area (Å²) in [6, 6.07) is 5.44. The molecule has 2 aliphatic rings. The number of carbonyl (C=O) groups excluding carboxylic acids is 1. The van der Waals surface area contributed by atoms with Crippen molar-refractivity contribution < 1.29 is 13.6 Å². The first kappa shape index (κ1) is 17.5. The zero-order valence-corrected chi connectivity index (χ0v) is 15.0. The van der Waals surface area contributed by atoms with Crippen molar-refractivity contribution in [2.24, 2.45) is 5.41 Å². The minimum Gasteiger partial charge on any atom is -0.403 e. The van der Waals surface area contributed by atoms with Crippen LogP contribution in [-0.4, -0.2) is 40.1 Å². The molecule has 0 bridgehead atoms. The first-order valence-corrected chi connectivity index (χ1v) is 9.09. The number of halogens is 1. The van der Waals surface area contributed by atoms with Gasteiger partial charge in [0.1, 0.15) is 17.9 Å². The van der Waals surface area contributed by atoms with E-state index in [1.807, 2.05) is 4.90 Å². The summed E-state index contributed by atoms with van der Waals surface area (Å²) in [5.41, 5.74) is 0.840. The lowest BCUT2D eigenvalue weighted by molar-refractivity contribution is -0.133. The molecule has 2 aromatic rings. The van der Waals surface area contributed by atoms with Gasteiger partial charge >= 0.3 is 6.01 Å². The highest BCUT2D eigenvalue weighted by Crippen LogP contribution is 2.53. The molecule has 0 radical (unpaired) electrons. The molecule has 140 valence electrons. The number of anilines is 1. The minimum absolute atomic E-state index is 0.00895. The van der Waals surface area contributed by atoms with Gasteiger partial charge in [-0.15, -0.1) is 5.10 Å². The van der Waals surface area contributed by atoms with Gasteiger partial charge in [-0.25, -0.2) is 4.39 Å². The molecule has 1 saturated carbocycles. The van der Waals surface area contributed by atoms with Crippen molar-refractivity contribution in [1.82, 2.24) is 15.1 Å². The Hall–Kier alpha value is -2.95. The van der Waals surface area contributed by atoms with Crippen LogP contribution in [0.2, 0.25) is 0 Å². The second kappa shape index (κ2) is 6.65. The number of amides is 1. The van der Waals surface area contributed by atoms with Crippen molar-refractivity contribution in [3.8, 4) is 17.5 Å². The number of hydrogen-bond acceptors (Lipinski definition) is 6. The van der Waals surface area contributed by atoms with Gasteiger partial charge in [0.15, 0.2) is 0 Å². The van der Waals surface area contributed by atoms with Crippen LogP contribution in [0.4, 0.5) is 10.4 Å². The van der Waals surface area contributed by atoms with Crippen LogP contribution in [0.3, 0.4) is 0 Å². The topological polar surface area (TPSA) is 95.0 Å². The maximum Gasteiger partial charge on any atom is 0.316 e. The molecule has 1 N–H and O–H groups in total. The highest BCUT2D eigenvalue weighted by Gasteiger charge is 2.45. The number of nitriles is 1. The Labute approximate surface area is 156 Å². The lowest BCUT2D eigenvalue weighted by atomic mass is 9.93. The molecular weight excluding hydrogens is 349 g/mol. The van der Waals surface area contributed by atoms with Crippen molar-refractivity contribution in [2.45, 2.75) is 38.6 Å². The van der Waals surface area contributed by atoms with Crippen LogP contribution >= 0.6 is 0 Å². The number of nitrogens with zero attached hydrogens (tertiary/aromatic N) is 4. The van der Waals surface area contributed by atoms with Crippen molar-refractivity contribution in [3.63, 3.8) is 0 Å². The number of aromatic nitrogens is 2. The van der Waals surface area contributed by atoms with Gasteiger partial charge in [0.2, 0.25) is 11.8 Å². The highest BCUT2D eigenvalue weighted by molar-refractivity contribution is 5.83. The average Bonchev–Trinajstić information content (AvgIpc) is 3.26. The summed E-state index contributed by atoms with van der Waals surface area (Å²) < 4.78 is 19.2. The van der Waals surface area contributed by atoms with E-state index in [1.54, 1.807) is 13.0 Å². The van der Waals surface area contributed by atoms with Crippen LogP contribution in [0.15, 0.2) is 22.6 Å². The van der Waals surface area contributed by atoms with Gasteiger partial charge in [-0.1, -0.05) is 5.10 Å². The summed E-state index contributed by atoms with van der Waals surface area (Å²) in [6.07, 6.45) is 4.76. The summed E-state index contributed by atoms with van der Waals surface area (Å²) >= 11 is 0. The lowest BCUT2D eigenvalue weighted by Crippen LogP contribution is -2.45. The standard InChI is InChI=1S/C19H20FN5O2/c1-12(17(26)25-8-6-19(4-5-19)7-9-25)22-18-24-23-16(27-18)13-2-3-14(11-21)15(20)10-13/h2-3,10,12H,4-9H2,1H3,(H,22,24)/t12-/m0/s1. The molecule has 1 atom stereocenters. The Bertz CT molecular complexity index is 905. The van der Waals surface area contributed by atoms with Crippen molar-refractivity contribution in [1.29, 1.82) is 5.26 Å². The van der Waals surface area contributed by atoms with Gasteiger partial charge in [-0.2, -0.15) is 5.26 Å². The minimum atomic E-state index is -0.648. The Kier molecular flexibility index (Phi) is 4.30. The zero-order chi connectivity index (χ0) is 19.0. The second-order valence-electron chi connectivity index (χ2n) is 7.41. The molecule has 2 heterocycles. The van der Waals surface area contributed by atoms with E-state index in [-0.39, 0.29) is 23.4 Å². The zero-order valence-electron chi connectivity index (χ0n) is 15.0. The summed E-state index contributed by atoms with van der Waals surface area (Å²) in [4.78, 5) is 14.5. The third-order valence-electron chi connectivity index (χ3n) is 5.56. The van der Waals surface area contributed by atoms with Gasteiger partial charge < -0.3 is 14.6 Å². The van der Waals surface area contributed by atoms with Crippen molar-refractivity contribution >= 4 is 11.9 Å². The van der Waals surface area contributed by atoms with Gasteiger partial charge in [-0.05, 0) is 56.2 Å². The predicted octanol–water partition coefficient (Wildman–Crippen LogP) is 2.95. The summed E-state index contributed by atoms with van der Waals surface area (Å²) in [5, 5.41) is 19.5.